The number of allylic oxidation sites excluding steroid dienone is 1. The van der Waals surface area contributed by atoms with Crippen LogP contribution in [0, 0.1) is 6.92 Å². The standard InChI is InChI=1S/C17H22N4O/c1-4-5-6-15(13-7-9-14(22-3)10-8-13)21-17-12(2)16(18)19-11-20-17/h6-11H,4-5H2,1-3H3,(H3,18,19,20,21)/b15-6+. The third kappa shape index (κ3) is 3.75. The number of nitrogens with two attached hydrogens (primary N) is 1. The van der Waals surface area contributed by atoms with E-state index in [9.17, 15) is 0 Å². The molecule has 0 bridgehead atoms. The molecule has 22 heavy (non-hydrogen) atoms. The smallest absolute Gasteiger partial charge is 0.138 e. The molecule has 116 valence electrons. The number of methoxy groups -OCH3 is 1. The SMILES string of the molecule is CCC/C=C(/Nc1ncnc(N)c1C)c1ccc(OC)cc1. The zero-order valence-electron chi connectivity index (χ0n) is 13.3. The molecule has 0 aliphatic rings. The van der Waals surface area contributed by atoms with E-state index in [1.165, 1.54) is 6.33 Å². The largest absolute Gasteiger partial charge is 0.497 e. The highest BCUT2D eigenvalue weighted by molar-refractivity contribution is 5.77. The van der Waals surface area contributed by atoms with E-state index in [4.69, 9.17) is 10.5 Å². The van der Waals surface area contributed by atoms with Crippen molar-refractivity contribution in [3.05, 3.63) is 47.8 Å². The van der Waals surface area contributed by atoms with E-state index in [1.54, 1.807) is 7.11 Å². The maximum atomic E-state index is 5.85. The quantitative estimate of drug-likeness (QED) is 0.852. The zero-order chi connectivity index (χ0) is 15.9. The molecule has 0 radical (unpaired) electrons. The second kappa shape index (κ2) is 7.45. The Morgan fingerprint density at radius 1 is 1.27 bits per heavy atom. The minimum atomic E-state index is 0.488. The van der Waals surface area contributed by atoms with E-state index >= 15 is 0 Å². The Hall–Kier alpha value is -2.56. The minimum absolute atomic E-state index is 0.488. The van der Waals surface area contributed by atoms with Crippen LogP contribution in [0.15, 0.2) is 36.7 Å². The maximum absolute atomic E-state index is 5.85. The number of ether oxygens (including phenoxy) is 1. The van der Waals surface area contributed by atoms with Crippen molar-refractivity contribution in [1.29, 1.82) is 0 Å². The van der Waals surface area contributed by atoms with Crippen molar-refractivity contribution in [1.82, 2.24) is 9.97 Å². The molecule has 0 saturated heterocycles. The molecule has 0 aliphatic heterocycles. The second-order valence-electron chi connectivity index (χ2n) is 4.99. The molecule has 5 heteroatoms. The van der Waals surface area contributed by atoms with E-state index in [0.717, 1.165) is 41.2 Å². The minimum Gasteiger partial charge on any atom is -0.497 e. The molecule has 0 amide bonds. The average molecular weight is 298 g/mol. The number of nitrogens with zero attached hydrogens (tertiary/aromatic N) is 2. The van der Waals surface area contributed by atoms with Gasteiger partial charge in [0, 0.05) is 11.3 Å². The monoisotopic (exact) mass is 298 g/mol. The van der Waals surface area contributed by atoms with Gasteiger partial charge in [0.15, 0.2) is 0 Å². The van der Waals surface area contributed by atoms with Crippen LogP contribution in [0.4, 0.5) is 11.6 Å². The van der Waals surface area contributed by atoms with Gasteiger partial charge in [0.25, 0.3) is 0 Å². The van der Waals surface area contributed by atoms with Crippen LogP contribution in [0.1, 0.15) is 30.9 Å². The highest BCUT2D eigenvalue weighted by Gasteiger charge is 2.08. The highest BCUT2D eigenvalue weighted by atomic mass is 16.5. The third-order valence-corrected chi connectivity index (χ3v) is 3.41. The number of benzene rings is 1. The molecule has 1 aromatic carbocycles. The topological polar surface area (TPSA) is 73.1 Å². The molecule has 2 aromatic rings. The van der Waals surface area contributed by atoms with Gasteiger partial charge in [-0.25, -0.2) is 9.97 Å². The van der Waals surface area contributed by atoms with Crippen LogP contribution in [0.3, 0.4) is 0 Å². The van der Waals surface area contributed by atoms with Crippen LogP contribution in [0.25, 0.3) is 5.70 Å². The first-order valence-electron chi connectivity index (χ1n) is 7.34. The Kier molecular flexibility index (Phi) is 5.36. The normalized spacial score (nSPS) is 11.3. The summed E-state index contributed by atoms with van der Waals surface area (Å²) in [7, 11) is 1.66. The zero-order valence-corrected chi connectivity index (χ0v) is 13.3. The van der Waals surface area contributed by atoms with E-state index in [2.05, 4.69) is 28.3 Å². The number of nitrogen functional groups attached to an aromatic ring is 1. The van der Waals surface area contributed by atoms with Gasteiger partial charge >= 0.3 is 0 Å². The molecule has 2 rings (SSSR count). The first kappa shape index (κ1) is 15.8. The third-order valence-electron chi connectivity index (χ3n) is 3.41. The fourth-order valence-electron chi connectivity index (χ4n) is 2.02. The van der Waals surface area contributed by atoms with Gasteiger partial charge in [-0.3, -0.25) is 0 Å². The number of rotatable bonds is 6. The fraction of sp³-hybridized carbons (Fsp3) is 0.294. The van der Waals surface area contributed by atoms with Crippen molar-refractivity contribution in [2.75, 3.05) is 18.2 Å². The van der Waals surface area contributed by atoms with Crippen LogP contribution in [0.2, 0.25) is 0 Å². The molecule has 0 spiro atoms. The van der Waals surface area contributed by atoms with E-state index in [1.807, 2.05) is 31.2 Å². The predicted molar refractivity (Wildman–Crippen MR) is 90.7 cm³/mol. The fourth-order valence-corrected chi connectivity index (χ4v) is 2.02. The van der Waals surface area contributed by atoms with Gasteiger partial charge in [0.2, 0.25) is 0 Å². The van der Waals surface area contributed by atoms with Gasteiger partial charge in [-0.05, 0) is 43.2 Å². The Morgan fingerprint density at radius 3 is 2.64 bits per heavy atom. The summed E-state index contributed by atoms with van der Waals surface area (Å²) in [6, 6.07) is 7.93. The van der Waals surface area contributed by atoms with Crippen molar-refractivity contribution < 1.29 is 4.74 Å². The van der Waals surface area contributed by atoms with Crippen molar-refractivity contribution in [2.45, 2.75) is 26.7 Å². The molecule has 1 heterocycles. The van der Waals surface area contributed by atoms with Gasteiger partial charge in [0.1, 0.15) is 23.7 Å². The molecule has 3 N–H and O–H groups in total. The Labute approximate surface area is 131 Å². The number of unbranched alkanes of at least 4 members (excludes halogenated alkanes) is 1. The van der Waals surface area contributed by atoms with Gasteiger partial charge in [-0.1, -0.05) is 19.4 Å². The Balaban J connectivity index is 2.31. The number of hydrogen-bond acceptors (Lipinski definition) is 5. The van der Waals surface area contributed by atoms with Crippen molar-refractivity contribution in [2.24, 2.45) is 0 Å². The lowest BCUT2D eigenvalue weighted by atomic mass is 10.1. The number of anilines is 2. The van der Waals surface area contributed by atoms with Crippen LogP contribution >= 0.6 is 0 Å². The molecular formula is C17H22N4O. The Bertz CT molecular complexity index is 650. The summed E-state index contributed by atoms with van der Waals surface area (Å²) in [4.78, 5) is 8.27. The summed E-state index contributed by atoms with van der Waals surface area (Å²) in [5.41, 5.74) is 8.77. The molecule has 0 unspecified atom stereocenters. The maximum Gasteiger partial charge on any atom is 0.138 e. The van der Waals surface area contributed by atoms with E-state index < -0.39 is 0 Å². The van der Waals surface area contributed by atoms with Gasteiger partial charge in [-0.15, -0.1) is 0 Å². The van der Waals surface area contributed by atoms with Crippen molar-refractivity contribution >= 4 is 17.3 Å². The summed E-state index contributed by atoms with van der Waals surface area (Å²) < 4.78 is 5.21. The molecule has 0 fully saturated rings. The number of nitrogens with one attached hydrogen (secondary N) is 1. The summed E-state index contributed by atoms with van der Waals surface area (Å²) in [5, 5.41) is 3.37. The van der Waals surface area contributed by atoms with Crippen LogP contribution in [-0.2, 0) is 0 Å². The van der Waals surface area contributed by atoms with Crippen LogP contribution in [0.5, 0.6) is 5.75 Å². The molecule has 0 aliphatic carbocycles. The summed E-state index contributed by atoms with van der Waals surface area (Å²) >= 11 is 0. The summed E-state index contributed by atoms with van der Waals surface area (Å²) in [6.45, 7) is 4.05. The average Bonchev–Trinajstić information content (AvgIpc) is 2.55. The lowest BCUT2D eigenvalue weighted by Crippen LogP contribution is -2.06. The van der Waals surface area contributed by atoms with Gasteiger partial charge in [0.05, 0.1) is 7.11 Å². The molecule has 0 atom stereocenters. The lowest BCUT2D eigenvalue weighted by Gasteiger charge is -2.14. The van der Waals surface area contributed by atoms with E-state index in [-0.39, 0.29) is 0 Å². The summed E-state index contributed by atoms with van der Waals surface area (Å²) in [5.74, 6) is 2.05. The molecular weight excluding hydrogens is 276 g/mol. The van der Waals surface area contributed by atoms with Crippen molar-refractivity contribution in [3.8, 4) is 5.75 Å². The lowest BCUT2D eigenvalue weighted by molar-refractivity contribution is 0.415. The first-order chi connectivity index (χ1) is 10.7. The van der Waals surface area contributed by atoms with Crippen LogP contribution in [-0.4, -0.2) is 17.1 Å². The van der Waals surface area contributed by atoms with E-state index in [0.29, 0.717) is 5.82 Å². The second-order valence-corrected chi connectivity index (χ2v) is 4.99. The summed E-state index contributed by atoms with van der Waals surface area (Å²) in [6.07, 6.45) is 5.69. The highest BCUT2D eigenvalue weighted by Crippen LogP contribution is 2.24. The Morgan fingerprint density at radius 2 is 2.00 bits per heavy atom. The molecule has 0 saturated carbocycles. The van der Waals surface area contributed by atoms with Crippen molar-refractivity contribution in [3.63, 3.8) is 0 Å². The predicted octanol–water partition coefficient (Wildman–Crippen LogP) is 3.63. The van der Waals surface area contributed by atoms with Crippen LogP contribution < -0.4 is 15.8 Å². The molecule has 1 aromatic heterocycles. The van der Waals surface area contributed by atoms with Gasteiger partial charge < -0.3 is 15.8 Å². The first-order valence-corrected chi connectivity index (χ1v) is 7.34. The number of aromatic nitrogens is 2. The number of hydrogen-bond donors (Lipinski definition) is 2. The van der Waals surface area contributed by atoms with Gasteiger partial charge in [-0.2, -0.15) is 0 Å². The molecule has 5 nitrogen and oxygen atoms in total.